The molecule has 1 aliphatic rings. The van der Waals surface area contributed by atoms with Crippen LogP contribution in [-0.4, -0.2) is 30.2 Å². The van der Waals surface area contributed by atoms with Gasteiger partial charge in [0.1, 0.15) is 5.02 Å². The molecule has 0 saturated heterocycles. The molecule has 3 N–H and O–H groups in total. The Kier molecular flexibility index (Phi) is 3.69. The first-order valence-electron chi connectivity index (χ1n) is 5.70. The minimum absolute atomic E-state index is 0.320. The minimum atomic E-state index is 0.320. The smallest absolute Gasteiger partial charge is 0.318 e. The second-order valence-electron chi connectivity index (χ2n) is 4.45. The van der Waals surface area contributed by atoms with Crippen molar-refractivity contribution in [3.63, 3.8) is 0 Å². The van der Waals surface area contributed by atoms with Gasteiger partial charge >= 0.3 is 6.01 Å². The van der Waals surface area contributed by atoms with E-state index in [2.05, 4.69) is 15.3 Å². The van der Waals surface area contributed by atoms with Crippen molar-refractivity contribution >= 4 is 17.4 Å². The number of nitrogens with zero attached hydrogens (tertiary/aromatic N) is 2. The molecular formula is C11H17ClN4O. The summed E-state index contributed by atoms with van der Waals surface area (Å²) in [5, 5.41) is 3.77. The molecule has 0 bridgehead atoms. The van der Waals surface area contributed by atoms with Gasteiger partial charge in [0.2, 0.25) is 0 Å². The summed E-state index contributed by atoms with van der Waals surface area (Å²) in [6.07, 6.45) is 5.02. The molecule has 1 aromatic heterocycles. The first-order valence-corrected chi connectivity index (χ1v) is 6.07. The van der Waals surface area contributed by atoms with E-state index in [4.69, 9.17) is 22.1 Å². The van der Waals surface area contributed by atoms with Crippen molar-refractivity contribution in [3.8, 4) is 6.01 Å². The van der Waals surface area contributed by atoms with Gasteiger partial charge in [-0.05, 0) is 31.2 Å². The lowest BCUT2D eigenvalue weighted by Gasteiger charge is -2.15. The van der Waals surface area contributed by atoms with Crippen molar-refractivity contribution in [2.45, 2.75) is 19.3 Å². The quantitative estimate of drug-likeness (QED) is 0.810. The second kappa shape index (κ2) is 5.06. The Hall–Kier alpha value is -1.07. The summed E-state index contributed by atoms with van der Waals surface area (Å²) in [6.45, 7) is 1.58. The molecule has 0 unspecified atom stereocenters. The molecular weight excluding hydrogens is 240 g/mol. The lowest BCUT2D eigenvalue weighted by molar-refractivity contribution is 0.380. The monoisotopic (exact) mass is 256 g/mol. The normalized spacial score (nSPS) is 16.6. The number of hydrogen-bond acceptors (Lipinski definition) is 5. The largest absolute Gasteiger partial charge is 0.467 e. The maximum absolute atomic E-state index is 6.01. The van der Waals surface area contributed by atoms with Gasteiger partial charge in [-0.15, -0.1) is 0 Å². The Morgan fingerprint density at radius 3 is 2.94 bits per heavy atom. The number of ether oxygens (including phenoxy) is 1. The van der Waals surface area contributed by atoms with E-state index in [0.29, 0.717) is 22.3 Å². The highest BCUT2D eigenvalue weighted by molar-refractivity contribution is 6.32. The Morgan fingerprint density at radius 1 is 1.59 bits per heavy atom. The minimum Gasteiger partial charge on any atom is -0.467 e. The van der Waals surface area contributed by atoms with Crippen molar-refractivity contribution in [2.75, 3.05) is 25.5 Å². The Morgan fingerprint density at radius 2 is 2.35 bits per heavy atom. The number of aromatic nitrogens is 2. The molecule has 0 radical (unpaired) electrons. The highest BCUT2D eigenvalue weighted by Gasteiger charge is 2.41. The fraction of sp³-hybridized carbons (Fsp3) is 0.636. The molecule has 5 nitrogen and oxygen atoms in total. The van der Waals surface area contributed by atoms with Gasteiger partial charge < -0.3 is 15.8 Å². The van der Waals surface area contributed by atoms with Crippen LogP contribution < -0.4 is 15.8 Å². The zero-order valence-corrected chi connectivity index (χ0v) is 10.6. The van der Waals surface area contributed by atoms with Crippen molar-refractivity contribution in [1.82, 2.24) is 9.97 Å². The second-order valence-corrected chi connectivity index (χ2v) is 4.85. The summed E-state index contributed by atoms with van der Waals surface area (Å²) in [7, 11) is 1.53. The fourth-order valence-corrected chi connectivity index (χ4v) is 2.00. The van der Waals surface area contributed by atoms with Crippen molar-refractivity contribution < 1.29 is 4.74 Å². The van der Waals surface area contributed by atoms with Gasteiger partial charge in [-0.1, -0.05) is 11.6 Å². The van der Waals surface area contributed by atoms with Gasteiger partial charge in [0.05, 0.1) is 13.3 Å². The number of anilines is 1. The third-order valence-electron chi connectivity index (χ3n) is 3.17. The lowest BCUT2D eigenvalue weighted by Crippen LogP contribution is -2.19. The van der Waals surface area contributed by atoms with Gasteiger partial charge in [-0.25, -0.2) is 4.98 Å². The van der Waals surface area contributed by atoms with Crippen LogP contribution in [0.1, 0.15) is 19.3 Å². The van der Waals surface area contributed by atoms with Crippen LogP contribution in [0.15, 0.2) is 6.20 Å². The molecule has 0 aliphatic heterocycles. The summed E-state index contributed by atoms with van der Waals surface area (Å²) in [4.78, 5) is 8.10. The SMILES string of the molecule is COc1ncc(Cl)c(NCC2(CCN)CC2)n1. The first kappa shape index (κ1) is 12.4. The van der Waals surface area contributed by atoms with Crippen molar-refractivity contribution in [3.05, 3.63) is 11.2 Å². The third kappa shape index (κ3) is 2.98. The average molecular weight is 257 g/mol. The van der Waals surface area contributed by atoms with Crippen LogP contribution in [0.2, 0.25) is 5.02 Å². The summed E-state index contributed by atoms with van der Waals surface area (Å²) in [6, 6.07) is 0.320. The van der Waals surface area contributed by atoms with Crippen molar-refractivity contribution in [2.24, 2.45) is 11.1 Å². The molecule has 1 aromatic rings. The van der Waals surface area contributed by atoms with Gasteiger partial charge in [0.15, 0.2) is 5.82 Å². The number of nitrogens with one attached hydrogen (secondary N) is 1. The Labute approximate surface area is 106 Å². The van der Waals surface area contributed by atoms with Crippen LogP contribution >= 0.6 is 11.6 Å². The molecule has 1 saturated carbocycles. The molecule has 1 heterocycles. The summed E-state index contributed by atoms with van der Waals surface area (Å²) in [5.74, 6) is 0.627. The molecule has 0 aromatic carbocycles. The average Bonchev–Trinajstić information content (AvgIpc) is 3.09. The Balaban J connectivity index is 1.98. The number of hydrogen-bond donors (Lipinski definition) is 2. The van der Waals surface area contributed by atoms with Crippen LogP contribution in [0.5, 0.6) is 6.01 Å². The van der Waals surface area contributed by atoms with Crippen LogP contribution in [-0.2, 0) is 0 Å². The molecule has 94 valence electrons. The zero-order chi connectivity index (χ0) is 12.3. The first-order chi connectivity index (χ1) is 8.19. The molecule has 6 heteroatoms. The van der Waals surface area contributed by atoms with E-state index in [-0.39, 0.29) is 0 Å². The lowest BCUT2D eigenvalue weighted by atomic mass is 10.0. The maximum atomic E-state index is 6.01. The molecule has 2 rings (SSSR count). The maximum Gasteiger partial charge on any atom is 0.318 e. The summed E-state index contributed by atoms with van der Waals surface area (Å²) in [5.41, 5.74) is 5.94. The van der Waals surface area contributed by atoms with Crippen LogP contribution in [0.4, 0.5) is 5.82 Å². The highest BCUT2D eigenvalue weighted by Crippen LogP contribution is 2.48. The summed E-state index contributed by atoms with van der Waals surface area (Å²) < 4.78 is 4.96. The number of rotatable bonds is 6. The molecule has 1 fully saturated rings. The van der Waals surface area contributed by atoms with Gasteiger partial charge in [-0.3, -0.25) is 0 Å². The van der Waals surface area contributed by atoms with Crippen molar-refractivity contribution in [1.29, 1.82) is 0 Å². The highest BCUT2D eigenvalue weighted by atomic mass is 35.5. The predicted molar refractivity (Wildman–Crippen MR) is 67.4 cm³/mol. The molecule has 0 amide bonds. The van der Waals surface area contributed by atoms with E-state index >= 15 is 0 Å². The number of nitrogens with two attached hydrogens (primary N) is 1. The molecule has 0 spiro atoms. The zero-order valence-electron chi connectivity index (χ0n) is 9.87. The van der Waals surface area contributed by atoms with Gasteiger partial charge in [0.25, 0.3) is 0 Å². The Bertz CT molecular complexity index is 395. The number of methoxy groups -OCH3 is 1. The van der Waals surface area contributed by atoms with E-state index in [9.17, 15) is 0 Å². The van der Waals surface area contributed by atoms with E-state index in [1.165, 1.54) is 26.1 Å². The fourth-order valence-electron chi connectivity index (χ4n) is 1.84. The van der Waals surface area contributed by atoms with E-state index in [1.807, 2.05) is 0 Å². The summed E-state index contributed by atoms with van der Waals surface area (Å²) >= 11 is 6.01. The van der Waals surface area contributed by atoms with Crippen LogP contribution in [0, 0.1) is 5.41 Å². The van der Waals surface area contributed by atoms with Crippen LogP contribution in [0.25, 0.3) is 0 Å². The molecule has 17 heavy (non-hydrogen) atoms. The standard InChI is InChI=1S/C11H17ClN4O/c1-17-10-14-6-8(12)9(16-10)15-7-11(2-3-11)4-5-13/h6H,2-5,7,13H2,1H3,(H,14,15,16). The van der Waals surface area contributed by atoms with E-state index < -0.39 is 0 Å². The van der Waals surface area contributed by atoms with Gasteiger partial charge in [0, 0.05) is 6.54 Å². The van der Waals surface area contributed by atoms with Gasteiger partial charge in [-0.2, -0.15) is 4.98 Å². The third-order valence-corrected chi connectivity index (χ3v) is 3.44. The topological polar surface area (TPSA) is 73.1 Å². The molecule has 0 atom stereocenters. The van der Waals surface area contributed by atoms with E-state index in [0.717, 1.165) is 19.5 Å². The predicted octanol–water partition coefficient (Wildman–Crippen LogP) is 1.68. The number of halogens is 1. The van der Waals surface area contributed by atoms with E-state index in [1.54, 1.807) is 0 Å². The molecule has 1 aliphatic carbocycles. The van der Waals surface area contributed by atoms with Crippen LogP contribution in [0.3, 0.4) is 0 Å².